The topological polar surface area (TPSA) is 38.3 Å². The molecule has 0 saturated heterocycles. The van der Waals surface area contributed by atoms with Crippen molar-refractivity contribution < 1.29 is 9.53 Å². The smallest absolute Gasteiger partial charge is 0.269 e. The number of carbonyl (C=O) groups excluding carboxylic acids is 1. The Morgan fingerprint density at radius 2 is 2.17 bits per heavy atom. The van der Waals surface area contributed by atoms with Crippen LogP contribution in [0.3, 0.4) is 0 Å². The average Bonchev–Trinajstić information content (AvgIpc) is 2.87. The zero-order valence-electron chi connectivity index (χ0n) is 9.77. The lowest BCUT2D eigenvalue weighted by atomic mass is 10.2. The Hall–Kier alpha value is -1.33. The quantitative estimate of drug-likeness (QED) is 0.865. The Morgan fingerprint density at radius 3 is 2.89 bits per heavy atom. The third-order valence-electron chi connectivity index (χ3n) is 2.46. The number of nitrogens with one attached hydrogen (secondary N) is 1. The van der Waals surface area contributed by atoms with Crippen molar-refractivity contribution in [3.63, 3.8) is 0 Å². The summed E-state index contributed by atoms with van der Waals surface area (Å²) in [6.07, 6.45) is 0. The molecule has 0 spiro atoms. The maximum Gasteiger partial charge on any atom is 0.269 e. The molecule has 1 aromatic carbocycles. The molecule has 2 aromatic rings. The first-order valence-corrected chi connectivity index (χ1v) is 7.33. The summed E-state index contributed by atoms with van der Waals surface area (Å²) in [6, 6.07) is 9.48. The van der Waals surface area contributed by atoms with E-state index in [2.05, 4.69) is 21.2 Å². The van der Waals surface area contributed by atoms with Crippen LogP contribution in [0.15, 0.2) is 35.7 Å². The Balaban J connectivity index is 2.21. The van der Waals surface area contributed by atoms with Gasteiger partial charge in [-0.25, -0.2) is 0 Å². The van der Waals surface area contributed by atoms with E-state index in [4.69, 9.17) is 4.74 Å². The van der Waals surface area contributed by atoms with Gasteiger partial charge in [0.15, 0.2) is 0 Å². The highest BCUT2D eigenvalue weighted by Crippen LogP contribution is 2.26. The highest BCUT2D eigenvalue weighted by Gasteiger charge is 2.14. The highest BCUT2D eigenvalue weighted by atomic mass is 79.9. The molecule has 0 atom stereocenters. The minimum Gasteiger partial charge on any atom is -0.495 e. The van der Waals surface area contributed by atoms with E-state index in [9.17, 15) is 4.79 Å². The number of hydrogen-bond donors (Lipinski definition) is 1. The number of hydrogen-bond acceptors (Lipinski definition) is 3. The van der Waals surface area contributed by atoms with Crippen LogP contribution in [-0.4, -0.2) is 13.0 Å². The van der Waals surface area contributed by atoms with Crippen molar-refractivity contribution in [3.8, 4) is 5.75 Å². The Bertz CT molecular complexity index is 553. The van der Waals surface area contributed by atoms with Crippen LogP contribution in [0.5, 0.6) is 5.75 Å². The number of amides is 1. The normalized spacial score (nSPS) is 10.1. The molecule has 94 valence electrons. The van der Waals surface area contributed by atoms with Gasteiger partial charge < -0.3 is 10.1 Å². The fraction of sp³-hybridized carbons (Fsp3) is 0.154. The molecule has 1 N–H and O–H groups in total. The number of carbonyl (C=O) groups is 1. The third-order valence-corrected chi connectivity index (χ3v) is 3.96. The van der Waals surface area contributed by atoms with Crippen molar-refractivity contribution in [1.82, 2.24) is 0 Å². The number of benzene rings is 1. The van der Waals surface area contributed by atoms with Gasteiger partial charge in [-0.05, 0) is 23.1 Å². The minimum atomic E-state index is -0.143. The summed E-state index contributed by atoms with van der Waals surface area (Å²) >= 11 is 4.77. The van der Waals surface area contributed by atoms with Crippen LogP contribution in [-0.2, 0) is 5.33 Å². The van der Waals surface area contributed by atoms with E-state index in [-0.39, 0.29) is 5.91 Å². The van der Waals surface area contributed by atoms with Gasteiger partial charge in [0.1, 0.15) is 10.6 Å². The second-order valence-corrected chi connectivity index (χ2v) is 5.04. The second-order valence-electron chi connectivity index (χ2n) is 3.56. The van der Waals surface area contributed by atoms with Crippen LogP contribution in [0.2, 0.25) is 0 Å². The van der Waals surface area contributed by atoms with Crippen molar-refractivity contribution in [2.75, 3.05) is 12.4 Å². The summed E-state index contributed by atoms with van der Waals surface area (Å²) in [7, 11) is 1.56. The van der Waals surface area contributed by atoms with E-state index < -0.39 is 0 Å². The molecule has 1 amide bonds. The predicted molar refractivity (Wildman–Crippen MR) is 77.9 cm³/mol. The molecule has 0 aliphatic rings. The fourth-order valence-corrected chi connectivity index (χ4v) is 2.80. The molecule has 0 saturated carbocycles. The molecule has 1 aromatic heterocycles. The van der Waals surface area contributed by atoms with Gasteiger partial charge >= 0.3 is 0 Å². The maximum atomic E-state index is 12.1. The number of para-hydroxylation sites is 1. The average molecular weight is 326 g/mol. The van der Waals surface area contributed by atoms with Crippen LogP contribution in [0.4, 0.5) is 5.69 Å². The van der Waals surface area contributed by atoms with Gasteiger partial charge in [0.05, 0.1) is 7.11 Å². The summed E-state index contributed by atoms with van der Waals surface area (Å²) in [4.78, 5) is 12.7. The third kappa shape index (κ3) is 2.73. The lowest BCUT2D eigenvalue weighted by Gasteiger charge is -2.09. The van der Waals surface area contributed by atoms with E-state index in [0.29, 0.717) is 16.0 Å². The van der Waals surface area contributed by atoms with E-state index in [1.807, 2.05) is 29.6 Å². The number of anilines is 1. The van der Waals surface area contributed by atoms with Crippen molar-refractivity contribution >= 4 is 38.9 Å². The first-order valence-electron chi connectivity index (χ1n) is 5.33. The molecule has 1 heterocycles. The number of rotatable bonds is 4. The summed E-state index contributed by atoms with van der Waals surface area (Å²) in [5.74, 6) is 0.462. The van der Waals surface area contributed by atoms with Crippen LogP contribution in [0.25, 0.3) is 0 Å². The van der Waals surface area contributed by atoms with Crippen LogP contribution in [0, 0.1) is 0 Å². The van der Waals surface area contributed by atoms with E-state index in [0.717, 1.165) is 11.3 Å². The Labute approximate surface area is 118 Å². The molecular formula is C13H12BrNO2S. The van der Waals surface area contributed by atoms with Gasteiger partial charge in [0.2, 0.25) is 0 Å². The molecule has 0 unspecified atom stereocenters. The Morgan fingerprint density at radius 1 is 1.39 bits per heavy atom. The number of alkyl halides is 1. The van der Waals surface area contributed by atoms with E-state index in [1.165, 1.54) is 11.3 Å². The first-order chi connectivity index (χ1) is 8.76. The van der Waals surface area contributed by atoms with Crippen LogP contribution < -0.4 is 10.1 Å². The molecule has 3 nitrogen and oxygen atoms in total. The molecule has 0 bridgehead atoms. The molecule has 0 aliphatic heterocycles. The monoisotopic (exact) mass is 325 g/mol. The summed E-state index contributed by atoms with van der Waals surface area (Å²) in [5.41, 5.74) is 1.86. The van der Waals surface area contributed by atoms with E-state index >= 15 is 0 Å². The van der Waals surface area contributed by atoms with Gasteiger partial charge in [0, 0.05) is 11.0 Å². The molecule has 2 rings (SSSR count). The van der Waals surface area contributed by atoms with Gasteiger partial charge in [0.25, 0.3) is 5.91 Å². The summed E-state index contributed by atoms with van der Waals surface area (Å²) < 4.78 is 5.14. The van der Waals surface area contributed by atoms with Crippen molar-refractivity contribution in [2.24, 2.45) is 0 Å². The van der Waals surface area contributed by atoms with Crippen molar-refractivity contribution in [1.29, 1.82) is 0 Å². The maximum absolute atomic E-state index is 12.1. The second kappa shape index (κ2) is 6.02. The van der Waals surface area contributed by atoms with Gasteiger partial charge in [-0.1, -0.05) is 34.1 Å². The van der Waals surface area contributed by atoms with E-state index in [1.54, 1.807) is 13.2 Å². The molecule has 0 radical (unpaired) electrons. The lowest BCUT2D eigenvalue weighted by molar-refractivity contribution is 0.102. The molecule has 0 aliphatic carbocycles. The van der Waals surface area contributed by atoms with Gasteiger partial charge in [-0.2, -0.15) is 0 Å². The summed E-state index contributed by atoms with van der Waals surface area (Å²) in [6.45, 7) is 0. The lowest BCUT2D eigenvalue weighted by Crippen LogP contribution is -2.12. The van der Waals surface area contributed by atoms with Crippen LogP contribution >= 0.6 is 27.3 Å². The molecule has 5 heteroatoms. The number of thiophene rings is 1. The minimum absolute atomic E-state index is 0.143. The summed E-state index contributed by atoms with van der Waals surface area (Å²) in [5, 5.41) is 5.44. The standard InChI is InChI=1S/C13H12BrNO2S/c1-17-11-6-7-18-12(11)13(16)15-10-5-3-2-4-9(10)8-14/h2-7H,8H2,1H3,(H,15,16). The van der Waals surface area contributed by atoms with Crippen LogP contribution in [0.1, 0.15) is 15.2 Å². The van der Waals surface area contributed by atoms with Gasteiger partial charge in [-0.3, -0.25) is 4.79 Å². The Kier molecular flexibility index (Phi) is 4.38. The SMILES string of the molecule is COc1ccsc1C(=O)Nc1ccccc1CBr. The molecule has 18 heavy (non-hydrogen) atoms. The molecular weight excluding hydrogens is 314 g/mol. The number of methoxy groups -OCH3 is 1. The number of halogens is 1. The van der Waals surface area contributed by atoms with Gasteiger partial charge in [-0.15, -0.1) is 11.3 Å². The largest absolute Gasteiger partial charge is 0.495 e. The molecule has 0 fully saturated rings. The fourth-order valence-electron chi connectivity index (χ4n) is 1.56. The van der Waals surface area contributed by atoms with Crippen molar-refractivity contribution in [2.45, 2.75) is 5.33 Å². The number of ether oxygens (including phenoxy) is 1. The zero-order chi connectivity index (χ0) is 13.0. The van der Waals surface area contributed by atoms with Crippen molar-refractivity contribution in [3.05, 3.63) is 46.2 Å². The highest BCUT2D eigenvalue weighted by molar-refractivity contribution is 9.08. The predicted octanol–water partition coefficient (Wildman–Crippen LogP) is 3.90. The first kappa shape index (κ1) is 13.1. The zero-order valence-corrected chi connectivity index (χ0v) is 12.2.